The van der Waals surface area contributed by atoms with Crippen molar-refractivity contribution in [3.63, 3.8) is 0 Å². The zero-order chi connectivity index (χ0) is 15.8. The van der Waals surface area contributed by atoms with E-state index in [2.05, 4.69) is 28.2 Å². The molecule has 1 N–H and O–H groups in total. The summed E-state index contributed by atoms with van der Waals surface area (Å²) in [6.07, 6.45) is 2.00. The van der Waals surface area contributed by atoms with Crippen molar-refractivity contribution in [2.45, 2.75) is 25.8 Å². The lowest BCUT2D eigenvalue weighted by atomic mass is 9.93. The van der Waals surface area contributed by atoms with Gasteiger partial charge in [-0.15, -0.1) is 11.3 Å². The van der Waals surface area contributed by atoms with Crippen LogP contribution in [0.5, 0.6) is 0 Å². The highest BCUT2D eigenvalue weighted by Gasteiger charge is 2.65. The van der Waals surface area contributed by atoms with Crippen molar-refractivity contribution in [3.05, 3.63) is 11.4 Å². The molecule has 4 heterocycles. The van der Waals surface area contributed by atoms with E-state index in [1.807, 2.05) is 0 Å². The number of carboxylic acids is 1. The molecule has 0 aromatic carbocycles. The SMILES string of the molecule is C[C@H]1CCN1c1nc(N2CC3(C[C@H]3C(=O)O)C2)c2ccsc2n1. The molecule has 1 spiro atoms. The van der Waals surface area contributed by atoms with Crippen LogP contribution >= 0.6 is 11.3 Å². The third-order valence-electron chi connectivity index (χ3n) is 5.67. The highest BCUT2D eigenvalue weighted by Crippen LogP contribution is 2.59. The Balaban J connectivity index is 1.47. The number of hydrogen-bond donors (Lipinski definition) is 1. The summed E-state index contributed by atoms with van der Waals surface area (Å²) < 4.78 is 0. The number of hydrogen-bond acceptors (Lipinski definition) is 6. The van der Waals surface area contributed by atoms with Gasteiger partial charge in [-0.2, -0.15) is 4.98 Å². The zero-order valence-corrected chi connectivity index (χ0v) is 13.7. The van der Waals surface area contributed by atoms with Crippen molar-refractivity contribution in [2.24, 2.45) is 11.3 Å². The maximum absolute atomic E-state index is 11.2. The summed E-state index contributed by atoms with van der Waals surface area (Å²) in [5.41, 5.74) is 0.00331. The van der Waals surface area contributed by atoms with Crippen molar-refractivity contribution < 1.29 is 9.90 Å². The maximum Gasteiger partial charge on any atom is 0.307 e. The molecule has 2 atom stereocenters. The van der Waals surface area contributed by atoms with Crippen molar-refractivity contribution in [1.82, 2.24) is 9.97 Å². The van der Waals surface area contributed by atoms with Gasteiger partial charge in [0, 0.05) is 31.1 Å². The largest absolute Gasteiger partial charge is 0.481 e. The van der Waals surface area contributed by atoms with E-state index < -0.39 is 5.97 Å². The fourth-order valence-electron chi connectivity index (χ4n) is 3.92. The number of carboxylic acid groups (broad SMARTS) is 1. The molecule has 7 heteroatoms. The lowest BCUT2D eigenvalue weighted by Gasteiger charge is -2.43. The van der Waals surface area contributed by atoms with Gasteiger partial charge in [0.15, 0.2) is 0 Å². The molecule has 2 saturated heterocycles. The summed E-state index contributed by atoms with van der Waals surface area (Å²) in [6, 6.07) is 2.58. The second-order valence-corrected chi connectivity index (χ2v) is 8.03. The van der Waals surface area contributed by atoms with Gasteiger partial charge in [-0.05, 0) is 31.2 Å². The van der Waals surface area contributed by atoms with E-state index in [0.29, 0.717) is 6.04 Å². The van der Waals surface area contributed by atoms with E-state index in [4.69, 9.17) is 9.97 Å². The Labute approximate surface area is 137 Å². The van der Waals surface area contributed by atoms with Gasteiger partial charge in [-0.25, -0.2) is 4.98 Å². The van der Waals surface area contributed by atoms with Crippen LogP contribution in [0.2, 0.25) is 0 Å². The summed E-state index contributed by atoms with van der Waals surface area (Å²) in [7, 11) is 0. The molecule has 6 nitrogen and oxygen atoms in total. The van der Waals surface area contributed by atoms with Crippen molar-refractivity contribution >= 4 is 39.3 Å². The molecule has 0 amide bonds. The summed E-state index contributed by atoms with van der Waals surface area (Å²) >= 11 is 1.64. The van der Waals surface area contributed by atoms with Crippen molar-refractivity contribution in [2.75, 3.05) is 29.4 Å². The molecule has 2 aliphatic heterocycles. The molecule has 2 aromatic heterocycles. The first kappa shape index (κ1) is 13.5. The first-order chi connectivity index (χ1) is 11.1. The minimum absolute atomic E-state index is 0.00331. The average molecular weight is 330 g/mol. The predicted octanol–water partition coefficient (Wildman–Crippen LogP) is 2.20. The minimum Gasteiger partial charge on any atom is -0.481 e. The topological polar surface area (TPSA) is 69.6 Å². The number of aromatic nitrogens is 2. The number of rotatable bonds is 3. The van der Waals surface area contributed by atoms with Crippen LogP contribution in [0.15, 0.2) is 11.4 Å². The Morgan fingerprint density at radius 1 is 1.43 bits per heavy atom. The Bertz CT molecular complexity index is 814. The number of anilines is 2. The molecule has 120 valence electrons. The smallest absolute Gasteiger partial charge is 0.307 e. The molecule has 23 heavy (non-hydrogen) atoms. The summed E-state index contributed by atoms with van der Waals surface area (Å²) in [4.78, 5) is 26.2. The first-order valence-electron chi connectivity index (χ1n) is 8.07. The van der Waals surface area contributed by atoms with Gasteiger partial charge in [-0.1, -0.05) is 0 Å². The van der Waals surface area contributed by atoms with Crippen LogP contribution in [0.4, 0.5) is 11.8 Å². The molecule has 5 rings (SSSR count). The molecule has 1 saturated carbocycles. The summed E-state index contributed by atoms with van der Waals surface area (Å²) in [6.45, 7) is 4.83. The standard InChI is InChI=1S/C16H18N4O2S/c1-9-2-4-20(9)15-17-12(10-3-5-23-13(10)18-15)19-7-16(8-19)6-11(16)14(21)22/h3,5,9,11H,2,4,6-8H2,1H3,(H,21,22)/t9-,11-/m0/s1. The fraction of sp³-hybridized carbons (Fsp3) is 0.562. The first-order valence-corrected chi connectivity index (χ1v) is 8.95. The van der Waals surface area contributed by atoms with Gasteiger partial charge in [0.1, 0.15) is 10.6 Å². The highest BCUT2D eigenvalue weighted by atomic mass is 32.1. The Morgan fingerprint density at radius 2 is 2.26 bits per heavy atom. The monoisotopic (exact) mass is 330 g/mol. The van der Waals surface area contributed by atoms with E-state index in [-0.39, 0.29) is 11.3 Å². The Hall–Kier alpha value is -1.89. The van der Waals surface area contributed by atoms with Crippen molar-refractivity contribution in [3.8, 4) is 0 Å². The number of aliphatic carboxylic acids is 1. The lowest BCUT2D eigenvalue weighted by Crippen LogP contribution is -2.51. The van der Waals surface area contributed by atoms with E-state index in [1.165, 1.54) is 6.42 Å². The van der Waals surface area contributed by atoms with E-state index in [1.54, 1.807) is 11.3 Å². The normalized spacial score (nSPS) is 27.9. The van der Waals surface area contributed by atoms with Gasteiger partial charge in [0.2, 0.25) is 5.95 Å². The van der Waals surface area contributed by atoms with Crippen LogP contribution in [0.1, 0.15) is 19.8 Å². The molecule has 3 aliphatic rings. The van der Waals surface area contributed by atoms with Crippen LogP contribution in [0, 0.1) is 11.3 Å². The van der Waals surface area contributed by atoms with Gasteiger partial charge in [0.05, 0.1) is 11.3 Å². The third kappa shape index (κ3) is 1.83. The zero-order valence-electron chi connectivity index (χ0n) is 12.9. The molecular formula is C16H18N4O2S. The van der Waals surface area contributed by atoms with E-state index in [0.717, 1.165) is 48.0 Å². The molecule has 2 aromatic rings. The maximum atomic E-state index is 11.2. The molecule has 1 aliphatic carbocycles. The number of fused-ring (bicyclic) bond motifs is 1. The lowest BCUT2D eigenvalue weighted by molar-refractivity contribution is -0.139. The van der Waals surface area contributed by atoms with Gasteiger partial charge in [-0.3, -0.25) is 4.79 Å². The highest BCUT2D eigenvalue weighted by molar-refractivity contribution is 7.16. The van der Waals surface area contributed by atoms with Crippen LogP contribution in [0.25, 0.3) is 10.2 Å². The minimum atomic E-state index is -0.650. The fourth-order valence-corrected chi connectivity index (χ4v) is 4.68. The average Bonchev–Trinajstić information content (AvgIpc) is 3.06. The van der Waals surface area contributed by atoms with Crippen LogP contribution in [-0.2, 0) is 4.79 Å². The molecule has 3 fully saturated rings. The third-order valence-corrected chi connectivity index (χ3v) is 6.48. The van der Waals surface area contributed by atoms with Gasteiger partial charge >= 0.3 is 5.97 Å². The summed E-state index contributed by atoms with van der Waals surface area (Å²) in [5.74, 6) is 0.990. The van der Waals surface area contributed by atoms with Gasteiger partial charge < -0.3 is 14.9 Å². The van der Waals surface area contributed by atoms with E-state index >= 15 is 0 Å². The van der Waals surface area contributed by atoms with Gasteiger partial charge in [0.25, 0.3) is 0 Å². The molecule has 0 bridgehead atoms. The summed E-state index contributed by atoms with van der Waals surface area (Å²) in [5, 5.41) is 12.3. The number of thiophene rings is 1. The molecule has 0 unspecified atom stereocenters. The molecular weight excluding hydrogens is 312 g/mol. The van der Waals surface area contributed by atoms with E-state index in [9.17, 15) is 9.90 Å². The Kier molecular flexibility index (Phi) is 2.56. The van der Waals surface area contributed by atoms with Crippen LogP contribution in [0.3, 0.4) is 0 Å². The quantitative estimate of drug-likeness (QED) is 0.930. The van der Waals surface area contributed by atoms with Crippen molar-refractivity contribution in [1.29, 1.82) is 0 Å². The molecule has 0 radical (unpaired) electrons. The number of carbonyl (C=O) groups is 1. The second kappa shape index (κ2) is 4.35. The van der Waals surface area contributed by atoms with Crippen LogP contribution in [-0.4, -0.2) is 46.7 Å². The number of nitrogens with zero attached hydrogens (tertiary/aromatic N) is 4. The Morgan fingerprint density at radius 3 is 2.87 bits per heavy atom. The second-order valence-electron chi connectivity index (χ2n) is 7.13. The van der Waals surface area contributed by atoms with Crippen LogP contribution < -0.4 is 9.80 Å². The predicted molar refractivity (Wildman–Crippen MR) is 89.2 cm³/mol.